The van der Waals surface area contributed by atoms with Gasteiger partial charge in [0.25, 0.3) is 5.91 Å². The van der Waals surface area contributed by atoms with E-state index in [2.05, 4.69) is 4.74 Å². The van der Waals surface area contributed by atoms with Crippen molar-refractivity contribution >= 4 is 34.6 Å². The Bertz CT molecular complexity index is 577. The Morgan fingerprint density at radius 1 is 1.18 bits per heavy atom. The third-order valence-corrected chi connectivity index (χ3v) is 3.90. The maximum absolute atomic E-state index is 12.5. The average molecular weight is 426 g/mol. The van der Waals surface area contributed by atoms with Crippen molar-refractivity contribution in [2.75, 3.05) is 26.2 Å². The van der Waals surface area contributed by atoms with Gasteiger partial charge in [0.15, 0.2) is 0 Å². The van der Waals surface area contributed by atoms with E-state index < -0.39 is 18.6 Å². The maximum atomic E-state index is 12.5. The predicted molar refractivity (Wildman–Crippen MR) is 81.3 cm³/mol. The van der Waals surface area contributed by atoms with Crippen LogP contribution >= 0.6 is 22.6 Å². The van der Waals surface area contributed by atoms with Gasteiger partial charge in [-0.15, -0.1) is 0 Å². The summed E-state index contributed by atoms with van der Waals surface area (Å²) in [4.78, 5) is 25.9. The second-order valence-electron chi connectivity index (χ2n) is 4.58. The van der Waals surface area contributed by atoms with Crippen molar-refractivity contribution < 1.29 is 28.2 Å². The summed E-state index contributed by atoms with van der Waals surface area (Å²) >= 11 is 1.97. The number of nitrogens with zero attached hydrogens (tertiary/aromatic N) is 2. The SMILES string of the molecule is O=C(O)N1CCN(C(=O)c2cc(I)ccc2OC(F)F)CC1. The number of benzene rings is 1. The Hall–Kier alpha value is -1.65. The Labute approximate surface area is 138 Å². The van der Waals surface area contributed by atoms with E-state index in [0.717, 1.165) is 0 Å². The van der Waals surface area contributed by atoms with Gasteiger partial charge in [-0.1, -0.05) is 0 Å². The van der Waals surface area contributed by atoms with Gasteiger partial charge in [0.2, 0.25) is 0 Å². The van der Waals surface area contributed by atoms with E-state index in [1.54, 1.807) is 6.07 Å². The first-order chi connectivity index (χ1) is 10.4. The second-order valence-corrected chi connectivity index (χ2v) is 5.83. The lowest BCUT2D eigenvalue weighted by Gasteiger charge is -2.33. The van der Waals surface area contributed by atoms with E-state index in [0.29, 0.717) is 3.57 Å². The lowest BCUT2D eigenvalue weighted by atomic mass is 10.1. The van der Waals surface area contributed by atoms with Crippen LogP contribution in [0.4, 0.5) is 13.6 Å². The molecule has 1 saturated heterocycles. The zero-order valence-corrected chi connectivity index (χ0v) is 13.5. The number of carboxylic acid groups (broad SMARTS) is 1. The zero-order valence-electron chi connectivity index (χ0n) is 11.3. The number of hydrogen-bond donors (Lipinski definition) is 1. The summed E-state index contributed by atoms with van der Waals surface area (Å²) in [5.41, 5.74) is 0.0518. The maximum Gasteiger partial charge on any atom is 0.407 e. The van der Waals surface area contributed by atoms with Crippen molar-refractivity contribution in [3.05, 3.63) is 27.3 Å². The van der Waals surface area contributed by atoms with Gasteiger partial charge < -0.3 is 19.6 Å². The molecule has 0 unspecified atom stereocenters. The molecule has 0 spiro atoms. The number of carbonyl (C=O) groups is 2. The molecule has 0 aliphatic carbocycles. The largest absolute Gasteiger partial charge is 0.465 e. The lowest BCUT2D eigenvalue weighted by molar-refractivity contribution is -0.0503. The number of piperazine rings is 1. The minimum atomic E-state index is -3.02. The molecule has 0 saturated carbocycles. The molecule has 1 aliphatic heterocycles. The fraction of sp³-hybridized carbons (Fsp3) is 0.385. The van der Waals surface area contributed by atoms with Crippen molar-refractivity contribution in [1.29, 1.82) is 0 Å². The fourth-order valence-electron chi connectivity index (χ4n) is 2.14. The summed E-state index contributed by atoms with van der Waals surface area (Å²) < 4.78 is 29.9. The van der Waals surface area contributed by atoms with E-state index in [1.807, 2.05) is 22.6 Å². The van der Waals surface area contributed by atoms with Crippen LogP contribution in [0.5, 0.6) is 5.75 Å². The molecule has 0 bridgehead atoms. The molecule has 6 nitrogen and oxygen atoms in total. The first-order valence-electron chi connectivity index (χ1n) is 6.40. The molecule has 0 radical (unpaired) electrons. The van der Waals surface area contributed by atoms with Crippen LogP contribution in [0.3, 0.4) is 0 Å². The van der Waals surface area contributed by atoms with Crippen molar-refractivity contribution in [1.82, 2.24) is 9.80 Å². The molecule has 1 aromatic rings. The van der Waals surface area contributed by atoms with Crippen LogP contribution in [0.2, 0.25) is 0 Å². The molecule has 22 heavy (non-hydrogen) atoms. The molecule has 2 rings (SSSR count). The summed E-state index contributed by atoms with van der Waals surface area (Å²) in [7, 11) is 0. The van der Waals surface area contributed by atoms with E-state index in [9.17, 15) is 18.4 Å². The molecule has 1 aromatic carbocycles. The zero-order chi connectivity index (χ0) is 16.3. The molecule has 9 heteroatoms. The first kappa shape index (κ1) is 16.7. The number of hydrogen-bond acceptors (Lipinski definition) is 3. The topological polar surface area (TPSA) is 70.1 Å². The third-order valence-electron chi connectivity index (χ3n) is 3.23. The van der Waals surface area contributed by atoms with Gasteiger partial charge in [-0.25, -0.2) is 4.79 Å². The Morgan fingerprint density at radius 3 is 2.32 bits per heavy atom. The first-order valence-corrected chi connectivity index (χ1v) is 7.48. The van der Waals surface area contributed by atoms with Gasteiger partial charge in [0.1, 0.15) is 5.75 Å². The third kappa shape index (κ3) is 3.96. The minimum absolute atomic E-state index is 0.0518. The Kier molecular flexibility index (Phi) is 5.37. The van der Waals surface area contributed by atoms with E-state index >= 15 is 0 Å². The van der Waals surface area contributed by atoms with Crippen molar-refractivity contribution in [2.24, 2.45) is 0 Å². The minimum Gasteiger partial charge on any atom is -0.465 e. The number of carbonyl (C=O) groups excluding carboxylic acids is 1. The molecule has 0 atom stereocenters. The fourth-order valence-corrected chi connectivity index (χ4v) is 2.63. The average Bonchev–Trinajstić information content (AvgIpc) is 2.48. The van der Waals surface area contributed by atoms with Crippen molar-refractivity contribution in [3.63, 3.8) is 0 Å². The highest BCUT2D eigenvalue weighted by molar-refractivity contribution is 14.1. The highest BCUT2D eigenvalue weighted by atomic mass is 127. The van der Waals surface area contributed by atoms with E-state index in [4.69, 9.17) is 5.11 Å². The Balaban J connectivity index is 2.15. The molecule has 1 heterocycles. The molecular formula is C13H13F2IN2O4. The van der Waals surface area contributed by atoms with E-state index in [-0.39, 0.29) is 37.5 Å². The smallest absolute Gasteiger partial charge is 0.407 e. The summed E-state index contributed by atoms with van der Waals surface area (Å²) in [6.07, 6.45) is -1.04. The van der Waals surface area contributed by atoms with Gasteiger partial charge in [0.05, 0.1) is 5.56 Å². The van der Waals surface area contributed by atoms with Crippen molar-refractivity contribution in [3.8, 4) is 5.75 Å². The number of alkyl halides is 2. The van der Waals surface area contributed by atoms with Crippen LogP contribution in [0.15, 0.2) is 18.2 Å². The second kappa shape index (κ2) is 7.07. The van der Waals surface area contributed by atoms with Gasteiger partial charge in [-0.05, 0) is 40.8 Å². The standard InChI is InChI=1S/C13H13F2IN2O4/c14-12(15)22-10-2-1-8(16)7-9(10)11(19)17-3-5-18(6-4-17)13(20)21/h1-2,7,12H,3-6H2,(H,20,21). The number of halogens is 3. The van der Waals surface area contributed by atoms with Crippen LogP contribution in [-0.4, -0.2) is 59.7 Å². The number of ether oxygens (including phenoxy) is 1. The van der Waals surface area contributed by atoms with E-state index in [1.165, 1.54) is 21.9 Å². The molecule has 120 valence electrons. The summed E-state index contributed by atoms with van der Waals surface area (Å²) in [6, 6.07) is 4.37. The molecular weight excluding hydrogens is 413 g/mol. The van der Waals surface area contributed by atoms with Gasteiger partial charge in [0, 0.05) is 29.7 Å². The van der Waals surface area contributed by atoms with Gasteiger partial charge in [-0.3, -0.25) is 4.79 Å². The molecule has 2 amide bonds. The normalized spacial score (nSPS) is 15.1. The summed E-state index contributed by atoms with van der Waals surface area (Å²) in [6.45, 7) is -2.21. The number of rotatable bonds is 3. The van der Waals surface area contributed by atoms with Gasteiger partial charge in [-0.2, -0.15) is 8.78 Å². The molecule has 1 fully saturated rings. The van der Waals surface area contributed by atoms with Crippen LogP contribution < -0.4 is 4.74 Å². The van der Waals surface area contributed by atoms with Crippen LogP contribution in [0.25, 0.3) is 0 Å². The highest BCUT2D eigenvalue weighted by Crippen LogP contribution is 2.25. The quantitative estimate of drug-likeness (QED) is 0.754. The molecule has 1 aliphatic rings. The van der Waals surface area contributed by atoms with Crippen LogP contribution in [-0.2, 0) is 0 Å². The lowest BCUT2D eigenvalue weighted by Crippen LogP contribution is -2.50. The highest BCUT2D eigenvalue weighted by Gasteiger charge is 2.27. The van der Waals surface area contributed by atoms with Crippen LogP contribution in [0.1, 0.15) is 10.4 Å². The monoisotopic (exact) mass is 426 g/mol. The summed E-state index contributed by atoms with van der Waals surface area (Å²) in [5.74, 6) is -0.625. The van der Waals surface area contributed by atoms with Crippen LogP contribution in [0, 0.1) is 3.57 Å². The molecule has 0 aromatic heterocycles. The Morgan fingerprint density at radius 2 is 1.77 bits per heavy atom. The van der Waals surface area contributed by atoms with Gasteiger partial charge >= 0.3 is 12.7 Å². The molecule has 1 N–H and O–H groups in total. The number of amides is 2. The van der Waals surface area contributed by atoms with Crippen molar-refractivity contribution in [2.45, 2.75) is 6.61 Å². The predicted octanol–water partition coefficient (Wildman–Crippen LogP) is 2.33. The summed E-state index contributed by atoms with van der Waals surface area (Å²) in [5, 5.41) is 8.88.